The summed E-state index contributed by atoms with van der Waals surface area (Å²) in [6, 6.07) is 7.23. The Morgan fingerprint density at radius 1 is 0.963 bits per heavy atom. The van der Waals surface area contributed by atoms with Gasteiger partial charge in [0.05, 0.1) is 0 Å². The van der Waals surface area contributed by atoms with E-state index in [1.54, 1.807) is 6.20 Å². The largest absolute Gasteiger partial charge is 0.421 e. The molecule has 0 radical (unpaired) electrons. The number of rotatable bonds is 2. The van der Waals surface area contributed by atoms with Crippen LogP contribution in [0.15, 0.2) is 43.0 Å². The maximum Gasteiger partial charge on any atom is 0.0180 e. The van der Waals surface area contributed by atoms with E-state index in [0.29, 0.717) is 12.1 Å². The smallest absolute Gasteiger partial charge is 0.0180 e. The van der Waals surface area contributed by atoms with Crippen molar-refractivity contribution in [3.05, 3.63) is 67.0 Å². The van der Waals surface area contributed by atoms with Crippen LogP contribution in [0.5, 0.6) is 0 Å². The van der Waals surface area contributed by atoms with E-state index in [2.05, 4.69) is 77.9 Å². The first kappa shape index (κ1) is 26.4. The SMILES string of the molecule is CC(C)n1ccc2[c-]nccc21.CC(C)n1ccc2c1C=CN[CH-]2.[W].[W].[W]. The van der Waals surface area contributed by atoms with Crippen LogP contribution in [0.2, 0.25) is 0 Å². The number of hydrogen-bond donors (Lipinski definition) is 1. The van der Waals surface area contributed by atoms with Gasteiger partial charge in [-0.3, -0.25) is 0 Å². The molecule has 0 saturated heterocycles. The minimum absolute atomic E-state index is 0. The Hall–Kier alpha value is -0.555. The van der Waals surface area contributed by atoms with Crippen LogP contribution in [0.1, 0.15) is 51.0 Å². The molecule has 27 heavy (non-hydrogen) atoms. The molecule has 0 amide bonds. The van der Waals surface area contributed by atoms with Gasteiger partial charge in [0.25, 0.3) is 0 Å². The van der Waals surface area contributed by atoms with Crippen molar-refractivity contribution in [2.24, 2.45) is 0 Å². The number of hydrogen-bond acceptors (Lipinski definition) is 2. The van der Waals surface area contributed by atoms with Crippen molar-refractivity contribution < 1.29 is 63.2 Å². The van der Waals surface area contributed by atoms with Crippen molar-refractivity contribution in [2.45, 2.75) is 39.8 Å². The van der Waals surface area contributed by atoms with Crippen LogP contribution in [-0.4, -0.2) is 14.1 Å². The third-order valence-electron chi connectivity index (χ3n) is 4.13. The molecule has 1 aliphatic rings. The molecule has 0 bridgehead atoms. The second-order valence-electron chi connectivity index (χ2n) is 6.47. The first-order valence-corrected chi connectivity index (χ1v) is 8.38. The molecule has 1 N–H and O–H groups in total. The predicted octanol–water partition coefficient (Wildman–Crippen LogP) is 4.56. The van der Waals surface area contributed by atoms with E-state index in [1.165, 1.54) is 16.8 Å². The Morgan fingerprint density at radius 3 is 2.30 bits per heavy atom. The fourth-order valence-electron chi connectivity index (χ4n) is 2.89. The van der Waals surface area contributed by atoms with Crippen LogP contribution < -0.4 is 5.32 Å². The molecule has 0 aromatic carbocycles. The number of pyridine rings is 1. The van der Waals surface area contributed by atoms with Gasteiger partial charge >= 0.3 is 0 Å². The van der Waals surface area contributed by atoms with E-state index in [4.69, 9.17) is 0 Å². The second kappa shape index (κ2) is 12.1. The van der Waals surface area contributed by atoms with E-state index in [-0.39, 0.29) is 63.2 Å². The van der Waals surface area contributed by atoms with Crippen LogP contribution in [0, 0.1) is 12.7 Å². The van der Waals surface area contributed by atoms with Gasteiger partial charge in [0, 0.05) is 75.3 Å². The van der Waals surface area contributed by atoms with Crippen LogP contribution in [0.3, 0.4) is 0 Å². The van der Waals surface area contributed by atoms with Crippen LogP contribution >= 0.6 is 0 Å². The Labute approximate surface area is 205 Å². The standard InChI is InChI=1S/C10H13N2.C10H11N2.3W/c2*1-8(2)12-6-4-9-7-11-5-3-10(9)12;;;/h3-8,11H,1-2H3;3-6,8H,1-2H3;;;/q2*-1;;;. The number of nitrogens with zero attached hydrogens (tertiary/aromatic N) is 3. The van der Waals surface area contributed by atoms with Crippen molar-refractivity contribution in [1.82, 2.24) is 19.4 Å². The third-order valence-corrected chi connectivity index (χ3v) is 4.13. The van der Waals surface area contributed by atoms with Crippen LogP contribution in [0.4, 0.5) is 0 Å². The minimum atomic E-state index is 0. The molecule has 4 nitrogen and oxygen atoms in total. The van der Waals surface area contributed by atoms with Crippen molar-refractivity contribution in [3.63, 3.8) is 0 Å². The predicted molar refractivity (Wildman–Crippen MR) is 99.3 cm³/mol. The Bertz CT molecular complexity index is 850. The van der Waals surface area contributed by atoms with Gasteiger partial charge < -0.3 is 19.4 Å². The molecule has 1 aliphatic heterocycles. The first-order chi connectivity index (χ1) is 11.6. The monoisotopic (exact) mass is 872 g/mol. The van der Waals surface area contributed by atoms with Gasteiger partial charge in [0.1, 0.15) is 0 Å². The molecule has 0 saturated carbocycles. The molecular weight excluding hydrogens is 848 g/mol. The normalized spacial score (nSPS) is 11.2. The zero-order chi connectivity index (χ0) is 17.1. The van der Waals surface area contributed by atoms with Crippen molar-refractivity contribution in [3.8, 4) is 0 Å². The van der Waals surface area contributed by atoms with Gasteiger partial charge in [0.15, 0.2) is 0 Å². The van der Waals surface area contributed by atoms with Crippen LogP contribution in [0.25, 0.3) is 17.0 Å². The van der Waals surface area contributed by atoms with Crippen molar-refractivity contribution >= 4 is 17.0 Å². The maximum atomic E-state index is 3.95. The molecule has 4 rings (SSSR count). The summed E-state index contributed by atoms with van der Waals surface area (Å²) in [5.41, 5.74) is 3.77. The zero-order valence-corrected chi connectivity index (χ0v) is 24.7. The summed E-state index contributed by atoms with van der Waals surface area (Å²) in [5, 5.41) is 4.16. The van der Waals surface area contributed by atoms with E-state index >= 15 is 0 Å². The van der Waals surface area contributed by atoms with Crippen molar-refractivity contribution in [2.75, 3.05) is 0 Å². The van der Waals surface area contributed by atoms with E-state index < -0.39 is 0 Å². The second-order valence-corrected chi connectivity index (χ2v) is 6.47. The van der Waals surface area contributed by atoms with Crippen LogP contribution in [-0.2, 0) is 63.2 Å². The molecule has 144 valence electrons. The fourth-order valence-corrected chi connectivity index (χ4v) is 2.89. The molecule has 4 heterocycles. The van der Waals surface area contributed by atoms with Gasteiger partial charge in [-0.05, 0) is 51.8 Å². The van der Waals surface area contributed by atoms with E-state index in [0.717, 1.165) is 5.39 Å². The molecule has 0 atom stereocenters. The molecule has 0 spiro atoms. The summed E-state index contributed by atoms with van der Waals surface area (Å²) in [4.78, 5) is 3.95. The summed E-state index contributed by atoms with van der Waals surface area (Å²) in [7, 11) is 0. The maximum absolute atomic E-state index is 3.95. The average Bonchev–Trinajstić information content (AvgIpc) is 3.19. The topological polar surface area (TPSA) is 34.8 Å². The summed E-state index contributed by atoms with van der Waals surface area (Å²) in [5.74, 6) is 0. The fraction of sp³-hybridized carbons (Fsp3) is 0.300. The quantitative estimate of drug-likeness (QED) is 0.384. The first-order valence-electron chi connectivity index (χ1n) is 8.38. The Balaban J connectivity index is 0.000000451. The molecule has 3 aromatic rings. The van der Waals surface area contributed by atoms with Gasteiger partial charge in [0.2, 0.25) is 0 Å². The zero-order valence-electron chi connectivity index (χ0n) is 15.9. The minimum Gasteiger partial charge on any atom is -0.421 e. The number of fused-ring (bicyclic) bond motifs is 2. The molecular formula is C20H24N4W3-2. The molecule has 7 heteroatoms. The summed E-state index contributed by atoms with van der Waals surface area (Å²) < 4.78 is 4.48. The molecule has 3 aromatic heterocycles. The van der Waals surface area contributed by atoms with Crippen molar-refractivity contribution in [1.29, 1.82) is 0 Å². The Kier molecular flexibility index (Phi) is 11.9. The van der Waals surface area contributed by atoms with E-state index in [9.17, 15) is 0 Å². The molecule has 0 fully saturated rings. The molecule has 0 unspecified atom stereocenters. The summed E-state index contributed by atoms with van der Waals surface area (Å²) in [6.07, 6.45) is 13.0. The van der Waals surface area contributed by atoms with Gasteiger partial charge in [-0.25, -0.2) is 0 Å². The van der Waals surface area contributed by atoms with Gasteiger partial charge in [-0.15, -0.1) is 29.1 Å². The number of nitrogens with one attached hydrogen (secondary N) is 1. The average molecular weight is 872 g/mol. The third kappa shape index (κ3) is 6.21. The molecule has 0 aliphatic carbocycles. The summed E-state index contributed by atoms with van der Waals surface area (Å²) >= 11 is 0. The van der Waals surface area contributed by atoms with Gasteiger partial charge in [-0.1, -0.05) is 30.7 Å². The summed E-state index contributed by atoms with van der Waals surface area (Å²) in [6.45, 7) is 10.7. The van der Waals surface area contributed by atoms with E-state index in [1.807, 2.05) is 24.9 Å². The number of aromatic nitrogens is 3. The Morgan fingerprint density at radius 2 is 1.63 bits per heavy atom. The van der Waals surface area contributed by atoms with Gasteiger partial charge in [-0.2, -0.15) is 0 Å².